The van der Waals surface area contributed by atoms with Crippen molar-refractivity contribution in [3.05, 3.63) is 34.9 Å². The number of ether oxygens (including phenoxy) is 1. The second-order valence-electron chi connectivity index (χ2n) is 4.81. The molecule has 0 radical (unpaired) electrons. The van der Waals surface area contributed by atoms with E-state index in [2.05, 4.69) is 25.1 Å². The van der Waals surface area contributed by atoms with Crippen molar-refractivity contribution in [1.29, 1.82) is 0 Å². The fraction of sp³-hybridized carbons (Fsp3) is 0.500. The lowest BCUT2D eigenvalue weighted by atomic mass is 9.67. The standard InChI is InChI=1S/C14H16O2/c1-2-12-13(6-14(12)15)9-3-4-10-7-16-8-11(10)5-9/h3-5,12-13H,2,6-8H2,1H3. The van der Waals surface area contributed by atoms with Crippen LogP contribution in [0.1, 0.15) is 42.4 Å². The van der Waals surface area contributed by atoms with Gasteiger partial charge >= 0.3 is 0 Å². The van der Waals surface area contributed by atoms with E-state index in [4.69, 9.17) is 4.74 Å². The van der Waals surface area contributed by atoms with Gasteiger partial charge in [0.1, 0.15) is 5.78 Å². The lowest BCUT2D eigenvalue weighted by molar-refractivity contribution is -0.131. The molecule has 1 aliphatic heterocycles. The van der Waals surface area contributed by atoms with Crippen molar-refractivity contribution < 1.29 is 9.53 Å². The number of carbonyl (C=O) groups is 1. The van der Waals surface area contributed by atoms with Crippen molar-refractivity contribution in [3.63, 3.8) is 0 Å². The van der Waals surface area contributed by atoms with Crippen LogP contribution in [0.3, 0.4) is 0 Å². The first kappa shape index (κ1) is 10.0. The molecule has 0 aromatic heterocycles. The Bertz CT molecular complexity index is 436. The van der Waals surface area contributed by atoms with Crippen LogP contribution in [0.5, 0.6) is 0 Å². The SMILES string of the molecule is CCC1C(=O)CC1c1ccc2c(c1)COC2. The monoisotopic (exact) mass is 216 g/mol. The molecule has 0 saturated heterocycles. The summed E-state index contributed by atoms with van der Waals surface area (Å²) in [4.78, 5) is 11.5. The average molecular weight is 216 g/mol. The number of carbonyl (C=O) groups excluding carboxylic acids is 1. The summed E-state index contributed by atoms with van der Waals surface area (Å²) in [5, 5.41) is 0. The third-order valence-corrected chi connectivity index (χ3v) is 3.93. The molecule has 1 aromatic carbocycles. The van der Waals surface area contributed by atoms with Gasteiger partial charge in [-0.05, 0) is 23.1 Å². The summed E-state index contributed by atoms with van der Waals surface area (Å²) in [6.45, 7) is 3.59. The largest absolute Gasteiger partial charge is 0.372 e. The highest BCUT2D eigenvalue weighted by Gasteiger charge is 2.39. The number of benzene rings is 1. The second-order valence-corrected chi connectivity index (χ2v) is 4.81. The Hall–Kier alpha value is -1.15. The minimum absolute atomic E-state index is 0.264. The van der Waals surface area contributed by atoms with Gasteiger partial charge in [-0.15, -0.1) is 0 Å². The molecule has 3 rings (SSSR count). The van der Waals surface area contributed by atoms with Crippen LogP contribution < -0.4 is 0 Å². The van der Waals surface area contributed by atoms with E-state index in [-0.39, 0.29) is 5.92 Å². The molecule has 1 fully saturated rings. The Balaban J connectivity index is 1.88. The first-order chi connectivity index (χ1) is 7.79. The van der Waals surface area contributed by atoms with Crippen LogP contribution in [0.15, 0.2) is 18.2 Å². The highest BCUT2D eigenvalue weighted by molar-refractivity contribution is 5.89. The zero-order valence-corrected chi connectivity index (χ0v) is 9.53. The number of rotatable bonds is 2. The fourth-order valence-corrected chi connectivity index (χ4v) is 2.86. The molecule has 1 saturated carbocycles. The maximum Gasteiger partial charge on any atom is 0.137 e. The van der Waals surface area contributed by atoms with Crippen LogP contribution >= 0.6 is 0 Å². The van der Waals surface area contributed by atoms with Crippen LogP contribution in [0, 0.1) is 5.92 Å². The molecule has 0 amide bonds. The van der Waals surface area contributed by atoms with Gasteiger partial charge in [-0.2, -0.15) is 0 Å². The van der Waals surface area contributed by atoms with Gasteiger partial charge in [0.05, 0.1) is 13.2 Å². The van der Waals surface area contributed by atoms with E-state index in [1.54, 1.807) is 0 Å². The molecule has 2 heteroatoms. The van der Waals surface area contributed by atoms with Gasteiger partial charge in [0.25, 0.3) is 0 Å². The Kier molecular flexibility index (Phi) is 2.32. The lowest BCUT2D eigenvalue weighted by Gasteiger charge is -2.34. The predicted octanol–water partition coefficient (Wildman–Crippen LogP) is 2.80. The molecule has 2 aliphatic rings. The van der Waals surface area contributed by atoms with E-state index in [0.29, 0.717) is 11.7 Å². The smallest absolute Gasteiger partial charge is 0.137 e. The molecule has 16 heavy (non-hydrogen) atoms. The van der Waals surface area contributed by atoms with E-state index in [9.17, 15) is 4.79 Å². The van der Waals surface area contributed by atoms with Gasteiger partial charge < -0.3 is 4.74 Å². The Morgan fingerprint density at radius 3 is 2.88 bits per heavy atom. The summed E-state index contributed by atoms with van der Waals surface area (Å²) < 4.78 is 5.41. The van der Waals surface area contributed by atoms with Crippen molar-refractivity contribution in [2.45, 2.75) is 38.9 Å². The normalized spacial score (nSPS) is 27.7. The van der Waals surface area contributed by atoms with Gasteiger partial charge in [0.15, 0.2) is 0 Å². The predicted molar refractivity (Wildman–Crippen MR) is 61.1 cm³/mol. The number of hydrogen-bond donors (Lipinski definition) is 0. The van der Waals surface area contributed by atoms with Crippen LogP contribution in [0.4, 0.5) is 0 Å². The van der Waals surface area contributed by atoms with E-state index >= 15 is 0 Å². The van der Waals surface area contributed by atoms with Crippen LogP contribution in [0.2, 0.25) is 0 Å². The van der Waals surface area contributed by atoms with E-state index in [1.165, 1.54) is 16.7 Å². The average Bonchev–Trinajstić information content (AvgIpc) is 2.73. The molecule has 84 valence electrons. The number of Topliss-reactive ketones (excluding diaryl/α,β-unsaturated/α-hetero) is 1. The Morgan fingerprint density at radius 1 is 1.31 bits per heavy atom. The Morgan fingerprint density at radius 2 is 2.12 bits per heavy atom. The first-order valence-corrected chi connectivity index (χ1v) is 6.01. The highest BCUT2D eigenvalue weighted by atomic mass is 16.5. The quantitative estimate of drug-likeness (QED) is 0.759. The third kappa shape index (κ3) is 1.40. The summed E-state index contributed by atoms with van der Waals surface area (Å²) in [5.74, 6) is 1.16. The highest BCUT2D eigenvalue weighted by Crippen LogP contribution is 2.42. The van der Waals surface area contributed by atoms with E-state index in [1.807, 2.05) is 0 Å². The summed E-state index contributed by atoms with van der Waals surface area (Å²) in [5.41, 5.74) is 3.95. The van der Waals surface area contributed by atoms with Crippen LogP contribution in [-0.2, 0) is 22.7 Å². The van der Waals surface area contributed by atoms with Crippen molar-refractivity contribution in [3.8, 4) is 0 Å². The Labute approximate surface area is 95.6 Å². The van der Waals surface area contributed by atoms with Gasteiger partial charge in [-0.25, -0.2) is 0 Å². The summed E-state index contributed by atoms with van der Waals surface area (Å²) in [6.07, 6.45) is 1.70. The topological polar surface area (TPSA) is 26.3 Å². The molecule has 2 atom stereocenters. The summed E-state index contributed by atoms with van der Waals surface area (Å²) >= 11 is 0. The number of fused-ring (bicyclic) bond motifs is 1. The van der Waals surface area contributed by atoms with Gasteiger partial charge in [0.2, 0.25) is 0 Å². The van der Waals surface area contributed by atoms with E-state index in [0.717, 1.165) is 26.1 Å². The fourth-order valence-electron chi connectivity index (χ4n) is 2.86. The maximum atomic E-state index is 11.5. The van der Waals surface area contributed by atoms with Crippen molar-refractivity contribution >= 4 is 5.78 Å². The minimum atomic E-state index is 0.264. The molecule has 0 spiro atoms. The molecular weight excluding hydrogens is 200 g/mol. The van der Waals surface area contributed by atoms with Crippen molar-refractivity contribution in [2.75, 3.05) is 0 Å². The summed E-state index contributed by atoms with van der Waals surface area (Å²) in [7, 11) is 0. The van der Waals surface area contributed by atoms with Crippen molar-refractivity contribution in [1.82, 2.24) is 0 Å². The molecule has 2 unspecified atom stereocenters. The molecule has 1 aromatic rings. The zero-order chi connectivity index (χ0) is 11.1. The molecule has 1 aliphatic carbocycles. The third-order valence-electron chi connectivity index (χ3n) is 3.93. The molecule has 0 bridgehead atoms. The molecule has 0 N–H and O–H groups in total. The zero-order valence-electron chi connectivity index (χ0n) is 9.53. The van der Waals surface area contributed by atoms with Crippen LogP contribution in [0.25, 0.3) is 0 Å². The first-order valence-electron chi connectivity index (χ1n) is 6.01. The number of hydrogen-bond acceptors (Lipinski definition) is 2. The van der Waals surface area contributed by atoms with Gasteiger partial charge in [0, 0.05) is 18.3 Å². The molecule has 1 heterocycles. The van der Waals surface area contributed by atoms with Crippen molar-refractivity contribution in [2.24, 2.45) is 5.92 Å². The van der Waals surface area contributed by atoms with Crippen LogP contribution in [-0.4, -0.2) is 5.78 Å². The second kappa shape index (κ2) is 3.70. The van der Waals surface area contributed by atoms with E-state index < -0.39 is 0 Å². The van der Waals surface area contributed by atoms with Gasteiger partial charge in [-0.1, -0.05) is 25.1 Å². The molecular formula is C14H16O2. The lowest BCUT2D eigenvalue weighted by Crippen LogP contribution is -2.34. The molecule has 2 nitrogen and oxygen atoms in total. The summed E-state index contributed by atoms with van der Waals surface area (Å²) in [6, 6.07) is 6.57. The maximum absolute atomic E-state index is 11.5. The minimum Gasteiger partial charge on any atom is -0.372 e. The van der Waals surface area contributed by atoms with Gasteiger partial charge in [-0.3, -0.25) is 4.79 Å². The number of ketones is 1.